The molecule has 8 heteroatoms. The quantitative estimate of drug-likeness (QED) is 0.599. The minimum Gasteiger partial charge on any atom is -0.479 e. The van der Waals surface area contributed by atoms with Gasteiger partial charge < -0.3 is 15.5 Å². The molecular formula is C13H13N3O5. The fraction of sp³-hybridized carbons (Fsp3) is 0.231. The van der Waals surface area contributed by atoms with Crippen molar-refractivity contribution in [2.24, 2.45) is 0 Å². The molecule has 0 aliphatic rings. The number of carbonyl (C=O) groups is 2. The highest BCUT2D eigenvalue weighted by molar-refractivity contribution is 6.04. The molecule has 1 heterocycles. The van der Waals surface area contributed by atoms with E-state index in [0.717, 1.165) is 6.92 Å². The molecule has 2 rings (SSSR count). The molecule has 0 bridgehead atoms. The predicted molar refractivity (Wildman–Crippen MR) is 73.0 cm³/mol. The summed E-state index contributed by atoms with van der Waals surface area (Å²) in [5.41, 5.74) is -2.57. The summed E-state index contributed by atoms with van der Waals surface area (Å²) in [5.74, 6) is -2.15. The van der Waals surface area contributed by atoms with Gasteiger partial charge in [0.2, 0.25) is 0 Å². The topological polar surface area (TPSA) is 132 Å². The minimum absolute atomic E-state index is 0.0496. The van der Waals surface area contributed by atoms with Gasteiger partial charge in [-0.2, -0.15) is 5.10 Å². The van der Waals surface area contributed by atoms with Gasteiger partial charge in [-0.3, -0.25) is 9.59 Å². The van der Waals surface area contributed by atoms with E-state index in [4.69, 9.17) is 5.11 Å². The molecule has 1 unspecified atom stereocenters. The normalized spacial score (nSPS) is 13.6. The molecule has 0 aliphatic heterocycles. The van der Waals surface area contributed by atoms with Crippen LogP contribution in [0.4, 0.5) is 0 Å². The summed E-state index contributed by atoms with van der Waals surface area (Å²) >= 11 is 0. The maximum Gasteiger partial charge on any atom is 0.337 e. The number of nitrogens with one attached hydrogen (secondary N) is 2. The molecule has 2 aromatic rings. The van der Waals surface area contributed by atoms with Gasteiger partial charge in [0.15, 0.2) is 11.3 Å². The smallest absolute Gasteiger partial charge is 0.337 e. The van der Waals surface area contributed by atoms with Gasteiger partial charge >= 0.3 is 5.97 Å². The number of amides is 1. The fourth-order valence-electron chi connectivity index (χ4n) is 1.70. The van der Waals surface area contributed by atoms with Crippen LogP contribution in [0, 0.1) is 0 Å². The molecule has 1 aromatic carbocycles. The van der Waals surface area contributed by atoms with Gasteiger partial charge in [0.25, 0.3) is 11.5 Å². The number of rotatable bonds is 4. The highest BCUT2D eigenvalue weighted by atomic mass is 16.4. The zero-order valence-electron chi connectivity index (χ0n) is 11.1. The molecule has 0 aliphatic carbocycles. The second-order valence-electron chi connectivity index (χ2n) is 4.71. The van der Waals surface area contributed by atoms with Crippen molar-refractivity contribution < 1.29 is 19.8 Å². The summed E-state index contributed by atoms with van der Waals surface area (Å²) < 4.78 is 0. The van der Waals surface area contributed by atoms with Crippen LogP contribution < -0.4 is 10.9 Å². The third kappa shape index (κ3) is 2.90. The van der Waals surface area contributed by atoms with Gasteiger partial charge in [-0.15, -0.1) is 0 Å². The molecule has 1 atom stereocenters. The lowest BCUT2D eigenvalue weighted by Gasteiger charge is -2.18. The average molecular weight is 291 g/mol. The van der Waals surface area contributed by atoms with E-state index in [0.29, 0.717) is 10.8 Å². The molecule has 21 heavy (non-hydrogen) atoms. The number of aromatic amines is 1. The van der Waals surface area contributed by atoms with Crippen LogP contribution in [0.15, 0.2) is 29.1 Å². The van der Waals surface area contributed by atoms with Gasteiger partial charge in [-0.25, -0.2) is 9.89 Å². The summed E-state index contributed by atoms with van der Waals surface area (Å²) in [7, 11) is 0. The lowest BCUT2D eigenvalue weighted by atomic mass is 10.1. The summed E-state index contributed by atoms with van der Waals surface area (Å²) in [6.07, 6.45) is 0. The third-order valence-electron chi connectivity index (χ3n) is 2.97. The van der Waals surface area contributed by atoms with Crippen LogP contribution in [-0.2, 0) is 4.79 Å². The Balaban J connectivity index is 2.31. The molecule has 0 saturated carbocycles. The molecule has 0 radical (unpaired) electrons. The Morgan fingerprint density at radius 1 is 1.33 bits per heavy atom. The Bertz CT molecular complexity index is 766. The number of aliphatic carboxylic acids is 1. The van der Waals surface area contributed by atoms with Gasteiger partial charge in [0.1, 0.15) is 0 Å². The number of benzene rings is 1. The number of hydrogen-bond acceptors (Lipinski definition) is 5. The molecule has 1 amide bonds. The molecular weight excluding hydrogens is 278 g/mol. The first kappa shape index (κ1) is 14.7. The first-order valence-electron chi connectivity index (χ1n) is 6.04. The Kier molecular flexibility index (Phi) is 3.72. The first-order valence-corrected chi connectivity index (χ1v) is 6.04. The maximum atomic E-state index is 12.0. The summed E-state index contributed by atoms with van der Waals surface area (Å²) in [6, 6.07) is 6.39. The van der Waals surface area contributed by atoms with Crippen LogP contribution >= 0.6 is 0 Å². The standard InChI is InChI=1S/C13H13N3O5/c1-13(21,12(19)20)6-14-11(18)9-7-4-2-3-5-8(7)10(17)16-15-9/h2-5,21H,6H2,1H3,(H,14,18)(H,16,17)(H,19,20). The van der Waals surface area contributed by atoms with Crippen LogP contribution in [0.5, 0.6) is 0 Å². The fourth-order valence-corrected chi connectivity index (χ4v) is 1.70. The van der Waals surface area contributed by atoms with Crippen molar-refractivity contribution in [3.8, 4) is 0 Å². The molecule has 110 valence electrons. The zero-order chi connectivity index (χ0) is 15.6. The van der Waals surface area contributed by atoms with Gasteiger partial charge in [-0.1, -0.05) is 18.2 Å². The van der Waals surface area contributed by atoms with Crippen molar-refractivity contribution in [3.63, 3.8) is 0 Å². The van der Waals surface area contributed by atoms with Crippen LogP contribution in [0.2, 0.25) is 0 Å². The molecule has 0 saturated heterocycles. The van der Waals surface area contributed by atoms with E-state index in [-0.39, 0.29) is 5.69 Å². The van der Waals surface area contributed by atoms with Crippen LogP contribution in [-0.4, -0.2) is 44.4 Å². The Labute approximate surface area is 118 Å². The van der Waals surface area contributed by atoms with E-state index >= 15 is 0 Å². The number of nitrogens with zero attached hydrogens (tertiary/aromatic N) is 1. The second-order valence-corrected chi connectivity index (χ2v) is 4.71. The predicted octanol–water partition coefficient (Wildman–Crippen LogP) is -0.512. The van der Waals surface area contributed by atoms with Gasteiger partial charge in [-0.05, 0) is 13.0 Å². The Morgan fingerprint density at radius 2 is 1.95 bits per heavy atom. The first-order chi connectivity index (χ1) is 9.83. The van der Waals surface area contributed by atoms with Crippen molar-refractivity contribution in [1.82, 2.24) is 15.5 Å². The summed E-state index contributed by atoms with van der Waals surface area (Å²) in [4.78, 5) is 34.4. The van der Waals surface area contributed by atoms with Gasteiger partial charge in [0, 0.05) is 5.39 Å². The largest absolute Gasteiger partial charge is 0.479 e. The number of carbonyl (C=O) groups excluding carboxylic acids is 1. The number of fused-ring (bicyclic) bond motifs is 1. The van der Waals surface area contributed by atoms with Crippen molar-refractivity contribution in [2.75, 3.05) is 6.54 Å². The van der Waals surface area contributed by atoms with Gasteiger partial charge in [0.05, 0.1) is 11.9 Å². The number of carboxylic acids is 1. The molecule has 0 fully saturated rings. The number of aromatic nitrogens is 2. The lowest BCUT2D eigenvalue weighted by molar-refractivity contribution is -0.155. The van der Waals surface area contributed by atoms with Crippen molar-refractivity contribution in [2.45, 2.75) is 12.5 Å². The number of aliphatic hydroxyl groups is 1. The molecule has 4 N–H and O–H groups in total. The molecule has 1 aromatic heterocycles. The second kappa shape index (κ2) is 5.33. The van der Waals surface area contributed by atoms with E-state index in [1.807, 2.05) is 0 Å². The SMILES string of the molecule is CC(O)(CNC(=O)c1n[nH]c(=O)c2ccccc12)C(=O)O. The van der Waals surface area contributed by atoms with Crippen molar-refractivity contribution in [1.29, 1.82) is 0 Å². The maximum absolute atomic E-state index is 12.0. The third-order valence-corrected chi connectivity index (χ3v) is 2.97. The van der Waals surface area contributed by atoms with Crippen molar-refractivity contribution in [3.05, 3.63) is 40.3 Å². The zero-order valence-corrected chi connectivity index (χ0v) is 11.1. The molecule has 8 nitrogen and oxygen atoms in total. The van der Waals surface area contributed by atoms with Crippen molar-refractivity contribution >= 4 is 22.6 Å². The van der Waals surface area contributed by atoms with Crippen LogP contribution in [0.1, 0.15) is 17.4 Å². The number of hydrogen-bond donors (Lipinski definition) is 4. The lowest BCUT2D eigenvalue weighted by Crippen LogP contribution is -2.46. The Morgan fingerprint density at radius 3 is 2.57 bits per heavy atom. The van der Waals surface area contributed by atoms with E-state index in [1.165, 1.54) is 0 Å². The van der Waals surface area contributed by atoms with Crippen LogP contribution in [0.25, 0.3) is 10.8 Å². The Hall–Kier alpha value is -2.74. The van der Waals surface area contributed by atoms with E-state index < -0.39 is 29.6 Å². The highest BCUT2D eigenvalue weighted by Gasteiger charge is 2.30. The highest BCUT2D eigenvalue weighted by Crippen LogP contribution is 2.12. The summed E-state index contributed by atoms with van der Waals surface area (Å²) in [6.45, 7) is 0.574. The van der Waals surface area contributed by atoms with E-state index in [9.17, 15) is 19.5 Å². The summed E-state index contributed by atoms with van der Waals surface area (Å²) in [5, 5.41) is 27.1. The van der Waals surface area contributed by atoms with E-state index in [2.05, 4.69) is 15.5 Å². The molecule has 0 spiro atoms. The monoisotopic (exact) mass is 291 g/mol. The number of carboxylic acid groups (broad SMARTS) is 1. The average Bonchev–Trinajstić information content (AvgIpc) is 2.45. The van der Waals surface area contributed by atoms with E-state index in [1.54, 1.807) is 24.3 Å². The number of H-pyrrole nitrogens is 1. The minimum atomic E-state index is -2.09. The van der Waals surface area contributed by atoms with Crippen LogP contribution in [0.3, 0.4) is 0 Å².